The maximum atomic E-state index is 12.8. The Labute approximate surface area is 244 Å². The highest BCUT2D eigenvalue weighted by atomic mass is 16.7. The van der Waals surface area contributed by atoms with Gasteiger partial charge < -0.3 is 54.7 Å². The third kappa shape index (κ3) is 6.34. The van der Waals surface area contributed by atoms with Crippen LogP contribution in [-0.4, -0.2) is 84.8 Å². The third-order valence-corrected chi connectivity index (χ3v) is 7.00. The zero-order chi connectivity index (χ0) is 30.8. The lowest BCUT2D eigenvalue weighted by atomic mass is 9.95. The summed E-state index contributed by atoms with van der Waals surface area (Å²) in [5.74, 6) is -3.03. The number of esters is 1. The van der Waals surface area contributed by atoms with Gasteiger partial charge in [0, 0.05) is 6.08 Å². The summed E-state index contributed by atoms with van der Waals surface area (Å²) in [5, 5.41) is 71.0. The van der Waals surface area contributed by atoms with E-state index in [1.165, 1.54) is 48.5 Å². The van der Waals surface area contributed by atoms with E-state index in [2.05, 4.69) is 0 Å². The number of hydrogen-bond acceptors (Lipinski definition) is 13. The lowest BCUT2D eigenvalue weighted by Gasteiger charge is -2.40. The molecule has 0 aliphatic carbocycles. The Bertz CT molecular complexity index is 1530. The van der Waals surface area contributed by atoms with E-state index in [0.717, 1.165) is 6.08 Å². The van der Waals surface area contributed by atoms with E-state index in [0.29, 0.717) is 11.1 Å². The summed E-state index contributed by atoms with van der Waals surface area (Å²) in [7, 11) is 0. The Morgan fingerprint density at radius 2 is 1.65 bits per heavy atom. The van der Waals surface area contributed by atoms with Crippen LogP contribution in [0.25, 0.3) is 6.08 Å². The van der Waals surface area contributed by atoms with Crippen LogP contribution >= 0.6 is 0 Å². The summed E-state index contributed by atoms with van der Waals surface area (Å²) in [6, 6.07) is 12.5. The fourth-order valence-electron chi connectivity index (χ4n) is 4.61. The second-order valence-electron chi connectivity index (χ2n) is 9.96. The molecular formula is C30H28O13. The van der Waals surface area contributed by atoms with Gasteiger partial charge in [-0.25, -0.2) is 4.79 Å². The Kier molecular flexibility index (Phi) is 8.41. The van der Waals surface area contributed by atoms with Crippen LogP contribution in [-0.2, 0) is 14.3 Å². The maximum Gasteiger partial charge on any atom is 0.330 e. The first-order valence-electron chi connectivity index (χ1n) is 13.1. The molecular weight excluding hydrogens is 568 g/mol. The number of benzene rings is 3. The van der Waals surface area contributed by atoms with Crippen LogP contribution in [0.2, 0.25) is 0 Å². The molecule has 0 saturated carbocycles. The summed E-state index contributed by atoms with van der Waals surface area (Å²) in [6.07, 6.45) is -6.70. The van der Waals surface area contributed by atoms with Gasteiger partial charge in [-0.3, -0.25) is 4.79 Å². The van der Waals surface area contributed by atoms with Crippen LogP contribution in [0, 0.1) is 0 Å². The van der Waals surface area contributed by atoms with Gasteiger partial charge in [0.05, 0.1) is 12.0 Å². The normalized spacial score (nSPS) is 25.1. The van der Waals surface area contributed by atoms with Crippen molar-refractivity contribution in [3.63, 3.8) is 0 Å². The molecule has 13 heteroatoms. The highest BCUT2D eigenvalue weighted by molar-refractivity contribution is 6.01. The fraction of sp³-hybridized carbons (Fsp3) is 0.267. The average Bonchev–Trinajstić information content (AvgIpc) is 2.99. The van der Waals surface area contributed by atoms with Crippen LogP contribution in [0.4, 0.5) is 0 Å². The molecule has 2 aliphatic rings. The summed E-state index contributed by atoms with van der Waals surface area (Å²) >= 11 is 0. The van der Waals surface area contributed by atoms with Crippen LogP contribution in [0.5, 0.6) is 34.5 Å². The van der Waals surface area contributed by atoms with Crippen molar-refractivity contribution in [2.45, 2.75) is 43.2 Å². The van der Waals surface area contributed by atoms with E-state index in [9.17, 15) is 45.3 Å². The van der Waals surface area contributed by atoms with E-state index >= 15 is 0 Å². The molecule has 1 saturated heterocycles. The molecule has 226 valence electrons. The van der Waals surface area contributed by atoms with Crippen molar-refractivity contribution < 1.29 is 64.3 Å². The van der Waals surface area contributed by atoms with E-state index in [4.69, 9.17) is 18.9 Å². The van der Waals surface area contributed by atoms with Crippen molar-refractivity contribution >= 4 is 17.8 Å². The molecule has 0 spiro atoms. The zero-order valence-corrected chi connectivity index (χ0v) is 22.3. The van der Waals surface area contributed by atoms with Crippen molar-refractivity contribution in [1.29, 1.82) is 0 Å². The minimum atomic E-state index is -1.79. The van der Waals surface area contributed by atoms with E-state index < -0.39 is 60.9 Å². The standard InChI is InChI=1S/C30H28O13/c31-16-5-1-14(2-6-16)3-10-24(35)40-13-23-25(36)27(38)28(39)30(43-23)42-21-9-7-17-19(33)12-22(41-29(17)26(21)37)15-4-8-18(32)20(34)11-15/h1-11,22-23,25,27-28,30-32,34,36-39H,12-13H2/b10-3+/t22?,23-,25-,27+,28-,30-/m1/s1. The van der Waals surface area contributed by atoms with Gasteiger partial charge in [0.2, 0.25) is 12.0 Å². The number of fused-ring (bicyclic) bond motifs is 1. The Hall–Kier alpha value is -4.82. The lowest BCUT2D eigenvalue weighted by Crippen LogP contribution is -2.60. The first kappa shape index (κ1) is 29.7. The molecule has 3 aromatic rings. The molecule has 2 aliphatic heterocycles. The second-order valence-corrected chi connectivity index (χ2v) is 9.96. The predicted molar refractivity (Wildman–Crippen MR) is 146 cm³/mol. The number of aromatic hydroxyl groups is 4. The maximum absolute atomic E-state index is 12.8. The SMILES string of the molecule is O=C(/C=C/c1ccc(O)cc1)OC[C@H]1O[C@@H](Oc2ccc3c(c2O)OC(c2ccc(O)c(O)c2)CC3=O)[C@H](O)[C@@H](O)[C@@H]1O. The van der Waals surface area contributed by atoms with Crippen molar-refractivity contribution in [3.05, 3.63) is 77.4 Å². The Morgan fingerprint density at radius 1 is 0.907 bits per heavy atom. The molecule has 1 fully saturated rings. The number of carbonyl (C=O) groups is 2. The first-order valence-corrected chi connectivity index (χ1v) is 13.1. The van der Waals surface area contributed by atoms with Gasteiger partial charge in [-0.05, 0) is 53.6 Å². The Balaban J connectivity index is 1.28. The van der Waals surface area contributed by atoms with Crippen LogP contribution in [0.15, 0.2) is 60.7 Å². The topological polar surface area (TPSA) is 213 Å². The van der Waals surface area contributed by atoms with E-state index in [-0.39, 0.29) is 40.8 Å². The summed E-state index contributed by atoms with van der Waals surface area (Å²) in [5.41, 5.74) is 1.02. The molecule has 6 atom stereocenters. The van der Waals surface area contributed by atoms with Gasteiger partial charge in [-0.15, -0.1) is 0 Å². The van der Waals surface area contributed by atoms with Gasteiger partial charge >= 0.3 is 5.97 Å². The summed E-state index contributed by atoms with van der Waals surface area (Å²) in [4.78, 5) is 25.0. The molecule has 2 heterocycles. The molecule has 7 N–H and O–H groups in total. The largest absolute Gasteiger partial charge is 0.508 e. The summed E-state index contributed by atoms with van der Waals surface area (Å²) < 4.78 is 22.1. The molecule has 0 aromatic heterocycles. The predicted octanol–water partition coefficient (Wildman–Crippen LogP) is 1.66. The molecule has 0 bridgehead atoms. The second kappa shape index (κ2) is 12.2. The molecule has 1 unspecified atom stereocenters. The number of ether oxygens (including phenoxy) is 4. The summed E-state index contributed by atoms with van der Waals surface area (Å²) in [6.45, 7) is -0.529. The van der Waals surface area contributed by atoms with Crippen molar-refractivity contribution in [2.75, 3.05) is 6.61 Å². The van der Waals surface area contributed by atoms with Gasteiger partial charge in [0.1, 0.15) is 42.9 Å². The van der Waals surface area contributed by atoms with Crippen LogP contribution < -0.4 is 9.47 Å². The number of aliphatic hydroxyl groups excluding tert-OH is 3. The van der Waals surface area contributed by atoms with Crippen LogP contribution in [0.1, 0.15) is 34.0 Å². The van der Waals surface area contributed by atoms with Crippen molar-refractivity contribution in [1.82, 2.24) is 0 Å². The monoisotopic (exact) mass is 596 g/mol. The highest BCUT2D eigenvalue weighted by Gasteiger charge is 2.46. The number of phenols is 4. The fourth-order valence-corrected chi connectivity index (χ4v) is 4.61. The zero-order valence-electron chi connectivity index (χ0n) is 22.3. The first-order chi connectivity index (χ1) is 20.5. The Morgan fingerprint density at radius 3 is 2.37 bits per heavy atom. The molecule has 0 radical (unpaired) electrons. The number of carbonyl (C=O) groups excluding carboxylic acids is 2. The van der Waals surface area contributed by atoms with Crippen molar-refractivity contribution in [3.8, 4) is 34.5 Å². The quantitative estimate of drug-likeness (QED) is 0.118. The van der Waals surface area contributed by atoms with Crippen LogP contribution in [0.3, 0.4) is 0 Å². The van der Waals surface area contributed by atoms with E-state index in [1.54, 1.807) is 12.1 Å². The highest BCUT2D eigenvalue weighted by Crippen LogP contribution is 2.46. The molecule has 13 nitrogen and oxygen atoms in total. The molecule has 43 heavy (non-hydrogen) atoms. The molecule has 0 amide bonds. The van der Waals surface area contributed by atoms with Gasteiger partial charge in [0.15, 0.2) is 28.8 Å². The third-order valence-electron chi connectivity index (χ3n) is 7.00. The van der Waals surface area contributed by atoms with Gasteiger partial charge in [0.25, 0.3) is 0 Å². The average molecular weight is 597 g/mol. The number of phenolic OH excluding ortho intramolecular Hbond substituents is 4. The van der Waals surface area contributed by atoms with Crippen molar-refractivity contribution in [2.24, 2.45) is 0 Å². The van der Waals surface area contributed by atoms with E-state index in [1.807, 2.05) is 0 Å². The number of hydrogen-bond donors (Lipinski definition) is 7. The number of Topliss-reactive ketones (excluding diaryl/α,β-unsaturated/α-hetero) is 1. The number of ketones is 1. The number of rotatable bonds is 7. The lowest BCUT2D eigenvalue weighted by molar-refractivity contribution is -0.278. The minimum Gasteiger partial charge on any atom is -0.508 e. The smallest absolute Gasteiger partial charge is 0.330 e. The molecule has 5 rings (SSSR count). The van der Waals surface area contributed by atoms with Gasteiger partial charge in [-0.1, -0.05) is 18.2 Å². The van der Waals surface area contributed by atoms with Gasteiger partial charge in [-0.2, -0.15) is 0 Å². The number of aliphatic hydroxyl groups is 3. The minimum absolute atomic E-state index is 0.0508. The molecule has 3 aromatic carbocycles.